The minimum atomic E-state index is -0.168. The number of aromatic nitrogens is 1. The first kappa shape index (κ1) is 8.50. The second-order valence-corrected chi connectivity index (χ2v) is 2.15. The van der Waals surface area contributed by atoms with Crippen LogP contribution in [0.1, 0.15) is 11.3 Å². The van der Waals surface area contributed by atoms with Crippen LogP contribution in [-0.4, -0.2) is 17.2 Å². The van der Waals surface area contributed by atoms with Crippen molar-refractivity contribution in [3.8, 4) is 11.8 Å². The molecule has 1 rings (SSSR count). The second kappa shape index (κ2) is 3.69. The summed E-state index contributed by atoms with van der Waals surface area (Å²) in [6.07, 6.45) is 1.42. The molecular weight excluding hydrogens is 156 g/mol. The van der Waals surface area contributed by atoms with Crippen molar-refractivity contribution in [3.05, 3.63) is 23.5 Å². The largest absolute Gasteiger partial charge is 0.494 e. The molecule has 0 aliphatic rings. The van der Waals surface area contributed by atoms with Gasteiger partial charge in [-0.3, -0.25) is 4.98 Å². The fourth-order valence-corrected chi connectivity index (χ4v) is 0.823. The first-order chi connectivity index (χ1) is 5.81. The van der Waals surface area contributed by atoms with Crippen molar-refractivity contribution in [2.75, 3.05) is 7.11 Å². The van der Waals surface area contributed by atoms with Crippen LogP contribution >= 0.6 is 0 Å². The lowest BCUT2D eigenvalue weighted by atomic mass is 10.2. The third-order valence-electron chi connectivity index (χ3n) is 1.43. The van der Waals surface area contributed by atoms with Crippen molar-refractivity contribution < 1.29 is 9.84 Å². The van der Waals surface area contributed by atoms with Crippen molar-refractivity contribution in [3.63, 3.8) is 0 Å². The van der Waals surface area contributed by atoms with Crippen molar-refractivity contribution >= 4 is 0 Å². The Balaban J connectivity index is 3.13. The second-order valence-electron chi connectivity index (χ2n) is 2.15. The van der Waals surface area contributed by atoms with Gasteiger partial charge in [-0.25, -0.2) is 0 Å². The molecule has 0 bridgehead atoms. The van der Waals surface area contributed by atoms with Crippen LogP contribution in [0.25, 0.3) is 0 Å². The molecule has 1 aromatic heterocycles. The molecule has 4 nitrogen and oxygen atoms in total. The smallest absolute Gasteiger partial charge is 0.154 e. The summed E-state index contributed by atoms with van der Waals surface area (Å²) in [5.41, 5.74) is 0.851. The molecule has 0 amide bonds. The van der Waals surface area contributed by atoms with Crippen LogP contribution in [0, 0.1) is 11.3 Å². The van der Waals surface area contributed by atoms with Gasteiger partial charge in [-0.1, -0.05) is 0 Å². The van der Waals surface area contributed by atoms with Crippen LogP contribution in [0.3, 0.4) is 0 Å². The van der Waals surface area contributed by atoms with E-state index in [4.69, 9.17) is 15.1 Å². The van der Waals surface area contributed by atoms with Gasteiger partial charge >= 0.3 is 0 Å². The average Bonchev–Trinajstić information content (AvgIpc) is 2.16. The highest BCUT2D eigenvalue weighted by atomic mass is 16.5. The Bertz CT molecular complexity index is 317. The predicted octanol–water partition coefficient (Wildman–Crippen LogP) is 0.454. The Kier molecular flexibility index (Phi) is 2.62. The molecule has 1 aromatic rings. The topological polar surface area (TPSA) is 66.1 Å². The predicted molar refractivity (Wildman–Crippen MR) is 41.4 cm³/mol. The molecule has 0 aromatic carbocycles. The van der Waals surface area contributed by atoms with Gasteiger partial charge in [-0.15, -0.1) is 0 Å². The van der Waals surface area contributed by atoms with E-state index in [2.05, 4.69) is 4.98 Å². The summed E-state index contributed by atoms with van der Waals surface area (Å²) in [4.78, 5) is 3.85. The lowest BCUT2D eigenvalue weighted by Crippen LogP contribution is -1.94. The maximum atomic E-state index is 8.71. The third kappa shape index (κ3) is 1.52. The summed E-state index contributed by atoms with van der Waals surface area (Å²) in [6.45, 7) is -0.168. The van der Waals surface area contributed by atoms with Crippen molar-refractivity contribution in [1.82, 2.24) is 4.98 Å². The Labute approximate surface area is 70.0 Å². The number of aliphatic hydroxyl groups excluding tert-OH is 1. The Morgan fingerprint density at radius 3 is 3.00 bits per heavy atom. The van der Waals surface area contributed by atoms with Gasteiger partial charge in [0.15, 0.2) is 5.75 Å². The summed E-state index contributed by atoms with van der Waals surface area (Å²) in [7, 11) is 1.47. The quantitative estimate of drug-likeness (QED) is 0.689. The summed E-state index contributed by atoms with van der Waals surface area (Å²) in [5.74, 6) is 0.426. The van der Waals surface area contributed by atoms with Crippen molar-refractivity contribution in [2.45, 2.75) is 6.61 Å². The molecule has 1 heterocycles. The highest BCUT2D eigenvalue weighted by Crippen LogP contribution is 2.15. The number of ether oxygens (including phenoxy) is 1. The zero-order valence-electron chi connectivity index (χ0n) is 6.61. The first-order valence-corrected chi connectivity index (χ1v) is 3.35. The van der Waals surface area contributed by atoms with Gasteiger partial charge in [0.05, 0.1) is 31.2 Å². The van der Waals surface area contributed by atoms with Crippen LogP contribution in [0.4, 0.5) is 0 Å². The van der Waals surface area contributed by atoms with Crippen molar-refractivity contribution in [2.24, 2.45) is 0 Å². The number of hydrogen-bond donors (Lipinski definition) is 1. The van der Waals surface area contributed by atoms with E-state index >= 15 is 0 Å². The molecule has 62 valence electrons. The minimum absolute atomic E-state index is 0.168. The van der Waals surface area contributed by atoms with E-state index in [-0.39, 0.29) is 6.61 Å². The van der Waals surface area contributed by atoms with Gasteiger partial charge in [0.1, 0.15) is 6.07 Å². The van der Waals surface area contributed by atoms with Crippen LogP contribution in [0.5, 0.6) is 5.75 Å². The Morgan fingerprint density at radius 1 is 1.75 bits per heavy atom. The molecule has 0 spiro atoms. The monoisotopic (exact) mass is 164 g/mol. The number of aliphatic hydroxyl groups is 1. The zero-order chi connectivity index (χ0) is 8.97. The molecule has 1 N–H and O–H groups in total. The van der Waals surface area contributed by atoms with E-state index < -0.39 is 0 Å². The number of methoxy groups -OCH3 is 1. The molecule has 0 saturated heterocycles. The summed E-state index contributed by atoms with van der Waals surface area (Å²) in [6, 6.07) is 3.44. The molecule has 0 fully saturated rings. The molecule has 0 radical (unpaired) electrons. The number of rotatable bonds is 2. The molecular formula is C8H8N2O2. The molecule has 0 aliphatic carbocycles. The molecule has 0 aliphatic heterocycles. The fourth-order valence-electron chi connectivity index (χ4n) is 0.823. The zero-order valence-corrected chi connectivity index (χ0v) is 6.61. The highest BCUT2D eigenvalue weighted by Gasteiger charge is 2.03. The van der Waals surface area contributed by atoms with Crippen molar-refractivity contribution in [1.29, 1.82) is 5.26 Å². The summed E-state index contributed by atoms with van der Waals surface area (Å²) < 4.78 is 4.87. The Morgan fingerprint density at radius 2 is 2.50 bits per heavy atom. The number of hydrogen-bond acceptors (Lipinski definition) is 4. The molecule has 0 unspecified atom stereocenters. The highest BCUT2D eigenvalue weighted by molar-refractivity contribution is 5.41. The SMILES string of the molecule is COc1cnc(CO)cc1C#N. The van der Waals surface area contributed by atoms with Crippen LogP contribution in [-0.2, 0) is 6.61 Å². The van der Waals surface area contributed by atoms with Crippen LogP contribution in [0.2, 0.25) is 0 Å². The maximum absolute atomic E-state index is 8.71. The van der Waals surface area contributed by atoms with E-state index in [9.17, 15) is 0 Å². The van der Waals surface area contributed by atoms with E-state index in [1.54, 1.807) is 0 Å². The first-order valence-electron chi connectivity index (χ1n) is 3.35. The number of nitriles is 1. The minimum Gasteiger partial charge on any atom is -0.494 e. The van der Waals surface area contributed by atoms with Gasteiger partial charge in [0, 0.05) is 0 Å². The summed E-state index contributed by atoms with van der Waals surface area (Å²) >= 11 is 0. The Hall–Kier alpha value is -1.60. The fraction of sp³-hybridized carbons (Fsp3) is 0.250. The normalized spacial score (nSPS) is 9.08. The number of nitrogens with zero attached hydrogens (tertiary/aromatic N) is 2. The van der Waals surface area contributed by atoms with E-state index in [0.717, 1.165) is 0 Å². The third-order valence-corrected chi connectivity index (χ3v) is 1.43. The van der Waals surface area contributed by atoms with E-state index in [0.29, 0.717) is 17.0 Å². The standard InChI is InChI=1S/C8H8N2O2/c1-12-8-4-10-7(5-11)2-6(8)3-9/h2,4,11H,5H2,1H3. The number of pyridine rings is 1. The van der Waals surface area contributed by atoms with Gasteiger partial charge in [0.2, 0.25) is 0 Å². The van der Waals surface area contributed by atoms with E-state index in [1.807, 2.05) is 6.07 Å². The van der Waals surface area contributed by atoms with E-state index in [1.165, 1.54) is 19.4 Å². The molecule has 4 heteroatoms. The van der Waals surface area contributed by atoms with Gasteiger partial charge in [0.25, 0.3) is 0 Å². The van der Waals surface area contributed by atoms with Gasteiger partial charge < -0.3 is 9.84 Å². The average molecular weight is 164 g/mol. The summed E-state index contributed by atoms with van der Waals surface area (Å²) in [5, 5.41) is 17.3. The van der Waals surface area contributed by atoms with Gasteiger partial charge in [-0.05, 0) is 6.07 Å². The lowest BCUT2D eigenvalue weighted by molar-refractivity contribution is 0.276. The van der Waals surface area contributed by atoms with Crippen LogP contribution < -0.4 is 4.74 Å². The lowest BCUT2D eigenvalue weighted by Gasteiger charge is -2.02. The maximum Gasteiger partial charge on any atom is 0.154 e. The molecule has 0 atom stereocenters. The molecule has 12 heavy (non-hydrogen) atoms. The van der Waals surface area contributed by atoms with Crippen LogP contribution in [0.15, 0.2) is 12.3 Å². The van der Waals surface area contributed by atoms with Gasteiger partial charge in [-0.2, -0.15) is 5.26 Å². The molecule has 0 saturated carbocycles.